The maximum absolute atomic E-state index is 3.78. The highest BCUT2D eigenvalue weighted by Gasteiger charge is 2.31. The third-order valence-corrected chi connectivity index (χ3v) is 2.71. The van der Waals surface area contributed by atoms with Crippen molar-refractivity contribution in [3.8, 4) is 0 Å². The van der Waals surface area contributed by atoms with Crippen LogP contribution in [0.2, 0.25) is 0 Å². The summed E-state index contributed by atoms with van der Waals surface area (Å²) >= 11 is 0. The molecule has 1 heteroatoms. The Morgan fingerprint density at radius 1 is 1.50 bits per heavy atom. The summed E-state index contributed by atoms with van der Waals surface area (Å²) in [6.07, 6.45) is 5.84. The molecule has 0 amide bonds. The monoisotopic (exact) mass is 169 g/mol. The van der Waals surface area contributed by atoms with Crippen molar-refractivity contribution < 1.29 is 0 Å². The molecule has 0 aliphatic carbocycles. The molecule has 0 bridgehead atoms. The molecule has 0 aromatic carbocycles. The van der Waals surface area contributed by atoms with Crippen LogP contribution in [0, 0.1) is 0 Å². The lowest BCUT2D eigenvalue weighted by Gasteiger charge is -2.30. The summed E-state index contributed by atoms with van der Waals surface area (Å²) < 4.78 is 0. The predicted molar refractivity (Wildman–Crippen MR) is 56.4 cm³/mol. The fourth-order valence-electron chi connectivity index (χ4n) is 1.73. The van der Waals surface area contributed by atoms with Gasteiger partial charge in [-0.3, -0.25) is 0 Å². The molecular formula is C11H23N. The zero-order chi connectivity index (χ0) is 9.61. The predicted octanol–water partition coefficient (Wildman–Crippen LogP) is 3.07. The molecular weight excluding hydrogens is 146 g/mol. The minimum Gasteiger partial charge on any atom is -0.301 e. The van der Waals surface area contributed by atoms with Crippen LogP contribution in [0.15, 0.2) is 12.7 Å². The van der Waals surface area contributed by atoms with Crippen molar-refractivity contribution in [3.05, 3.63) is 12.7 Å². The van der Waals surface area contributed by atoms with Crippen molar-refractivity contribution in [2.45, 2.75) is 45.6 Å². The van der Waals surface area contributed by atoms with E-state index in [1.54, 1.807) is 0 Å². The highest BCUT2D eigenvalue weighted by molar-refractivity contribution is 4.94. The Morgan fingerprint density at radius 3 is 2.42 bits per heavy atom. The standard InChI is InChI=1S/C9H17N.C2H6/c1-4-6-9(2)7-5-8-10(9)3;1-2/h4H,1,5-8H2,2-3H3;1-2H3. The first-order valence-corrected chi connectivity index (χ1v) is 5.01. The minimum absolute atomic E-state index is 0.418. The van der Waals surface area contributed by atoms with Gasteiger partial charge in [-0.15, -0.1) is 6.58 Å². The first-order chi connectivity index (χ1) is 5.69. The number of rotatable bonds is 2. The molecule has 1 aliphatic rings. The number of hydrogen-bond donors (Lipinski definition) is 0. The Kier molecular flexibility index (Phi) is 5.23. The van der Waals surface area contributed by atoms with Crippen LogP contribution < -0.4 is 0 Å². The molecule has 1 unspecified atom stereocenters. The van der Waals surface area contributed by atoms with Gasteiger partial charge in [-0.2, -0.15) is 0 Å². The second-order valence-corrected chi connectivity index (χ2v) is 3.51. The van der Waals surface area contributed by atoms with E-state index in [4.69, 9.17) is 0 Å². The Labute approximate surface area is 77.5 Å². The van der Waals surface area contributed by atoms with E-state index >= 15 is 0 Å². The average Bonchev–Trinajstić information content (AvgIpc) is 2.37. The number of hydrogen-bond acceptors (Lipinski definition) is 1. The Balaban J connectivity index is 0.000000561. The van der Waals surface area contributed by atoms with Crippen LogP contribution in [0.5, 0.6) is 0 Å². The lowest BCUT2D eigenvalue weighted by molar-refractivity contribution is 0.198. The SMILES string of the molecule is C=CCC1(C)CCCN1C.CC. The lowest BCUT2D eigenvalue weighted by atomic mass is 9.95. The lowest BCUT2D eigenvalue weighted by Crippen LogP contribution is -2.37. The fourth-order valence-corrected chi connectivity index (χ4v) is 1.73. The fraction of sp³-hybridized carbons (Fsp3) is 0.818. The minimum atomic E-state index is 0.418. The molecule has 1 fully saturated rings. The molecule has 0 saturated carbocycles. The van der Waals surface area contributed by atoms with E-state index in [0.29, 0.717) is 5.54 Å². The molecule has 1 saturated heterocycles. The van der Waals surface area contributed by atoms with Gasteiger partial charge in [0, 0.05) is 5.54 Å². The molecule has 0 N–H and O–H groups in total. The molecule has 1 atom stereocenters. The average molecular weight is 169 g/mol. The van der Waals surface area contributed by atoms with E-state index in [9.17, 15) is 0 Å². The molecule has 72 valence electrons. The second-order valence-electron chi connectivity index (χ2n) is 3.51. The molecule has 1 heterocycles. The molecule has 0 aromatic rings. The zero-order valence-electron chi connectivity index (χ0n) is 9.06. The largest absolute Gasteiger partial charge is 0.301 e. The maximum Gasteiger partial charge on any atom is 0.0213 e. The van der Waals surface area contributed by atoms with Crippen molar-refractivity contribution in [1.29, 1.82) is 0 Å². The summed E-state index contributed by atoms with van der Waals surface area (Å²) in [5.41, 5.74) is 0.418. The Bertz CT molecular complexity index is 131. The van der Waals surface area contributed by atoms with Crippen molar-refractivity contribution in [2.24, 2.45) is 0 Å². The maximum atomic E-state index is 3.78. The summed E-state index contributed by atoms with van der Waals surface area (Å²) in [4.78, 5) is 2.44. The quantitative estimate of drug-likeness (QED) is 0.574. The first-order valence-electron chi connectivity index (χ1n) is 5.01. The van der Waals surface area contributed by atoms with Crippen LogP contribution in [0.25, 0.3) is 0 Å². The summed E-state index contributed by atoms with van der Waals surface area (Å²) in [6.45, 7) is 11.4. The highest BCUT2D eigenvalue weighted by atomic mass is 15.2. The molecule has 12 heavy (non-hydrogen) atoms. The van der Waals surface area contributed by atoms with Gasteiger partial charge in [-0.1, -0.05) is 19.9 Å². The summed E-state index contributed by atoms with van der Waals surface area (Å²) in [5.74, 6) is 0. The molecule has 0 spiro atoms. The smallest absolute Gasteiger partial charge is 0.0213 e. The van der Waals surface area contributed by atoms with Gasteiger partial charge in [0.15, 0.2) is 0 Å². The number of likely N-dealkylation sites (tertiary alicyclic amines) is 1. The van der Waals surface area contributed by atoms with Crippen LogP contribution in [0.4, 0.5) is 0 Å². The molecule has 0 radical (unpaired) electrons. The van der Waals surface area contributed by atoms with Crippen molar-refractivity contribution in [2.75, 3.05) is 13.6 Å². The van der Waals surface area contributed by atoms with Gasteiger partial charge in [-0.05, 0) is 39.8 Å². The van der Waals surface area contributed by atoms with Crippen LogP contribution in [0.3, 0.4) is 0 Å². The van der Waals surface area contributed by atoms with E-state index in [-0.39, 0.29) is 0 Å². The van der Waals surface area contributed by atoms with E-state index in [1.807, 2.05) is 19.9 Å². The van der Waals surface area contributed by atoms with Gasteiger partial charge < -0.3 is 4.90 Å². The zero-order valence-corrected chi connectivity index (χ0v) is 9.06. The van der Waals surface area contributed by atoms with Gasteiger partial charge in [0.1, 0.15) is 0 Å². The Hall–Kier alpha value is -0.300. The van der Waals surface area contributed by atoms with Gasteiger partial charge in [0.2, 0.25) is 0 Å². The van der Waals surface area contributed by atoms with E-state index in [0.717, 1.165) is 6.42 Å². The van der Waals surface area contributed by atoms with Gasteiger partial charge in [0.05, 0.1) is 0 Å². The molecule has 0 aromatic heterocycles. The van der Waals surface area contributed by atoms with Crippen molar-refractivity contribution >= 4 is 0 Å². The van der Waals surface area contributed by atoms with E-state index in [1.165, 1.54) is 19.4 Å². The molecule has 1 rings (SSSR count). The van der Waals surface area contributed by atoms with Crippen LogP contribution in [-0.4, -0.2) is 24.0 Å². The van der Waals surface area contributed by atoms with Gasteiger partial charge in [0.25, 0.3) is 0 Å². The normalized spacial score (nSPS) is 29.3. The summed E-state index contributed by atoms with van der Waals surface area (Å²) in [5, 5.41) is 0. The summed E-state index contributed by atoms with van der Waals surface area (Å²) in [6, 6.07) is 0. The number of nitrogens with zero attached hydrogens (tertiary/aromatic N) is 1. The van der Waals surface area contributed by atoms with Crippen LogP contribution in [-0.2, 0) is 0 Å². The van der Waals surface area contributed by atoms with Gasteiger partial charge in [-0.25, -0.2) is 0 Å². The second kappa shape index (κ2) is 5.36. The van der Waals surface area contributed by atoms with E-state index < -0.39 is 0 Å². The molecule has 1 aliphatic heterocycles. The van der Waals surface area contributed by atoms with Crippen molar-refractivity contribution in [1.82, 2.24) is 4.90 Å². The summed E-state index contributed by atoms with van der Waals surface area (Å²) in [7, 11) is 2.20. The third kappa shape index (κ3) is 2.63. The van der Waals surface area contributed by atoms with Crippen LogP contribution in [0.1, 0.15) is 40.0 Å². The van der Waals surface area contributed by atoms with Gasteiger partial charge >= 0.3 is 0 Å². The first kappa shape index (κ1) is 11.7. The Morgan fingerprint density at radius 2 is 2.08 bits per heavy atom. The topological polar surface area (TPSA) is 3.24 Å². The van der Waals surface area contributed by atoms with Crippen LogP contribution >= 0.6 is 0 Å². The molecule has 1 nitrogen and oxygen atoms in total. The third-order valence-electron chi connectivity index (χ3n) is 2.71. The van der Waals surface area contributed by atoms with Crippen molar-refractivity contribution in [3.63, 3.8) is 0 Å². The van der Waals surface area contributed by atoms with E-state index in [2.05, 4.69) is 25.5 Å². The highest BCUT2D eigenvalue weighted by Crippen LogP contribution is 2.30.